The third kappa shape index (κ3) is 3.30. The van der Waals surface area contributed by atoms with Crippen molar-refractivity contribution < 1.29 is 14.8 Å². The zero-order valence-electron chi connectivity index (χ0n) is 9.75. The highest BCUT2D eigenvalue weighted by molar-refractivity contribution is 14.1. The highest BCUT2D eigenvalue weighted by atomic mass is 127. The molecule has 6 nitrogen and oxygen atoms in total. The van der Waals surface area contributed by atoms with Gasteiger partial charge < -0.3 is 9.84 Å². The van der Waals surface area contributed by atoms with Crippen LogP contribution >= 0.6 is 22.6 Å². The molecule has 0 bridgehead atoms. The summed E-state index contributed by atoms with van der Waals surface area (Å²) >= 11 is 1.86. The topological polar surface area (TPSA) is 96.4 Å². The van der Waals surface area contributed by atoms with E-state index in [2.05, 4.69) is 0 Å². The van der Waals surface area contributed by atoms with Crippen molar-refractivity contribution in [2.75, 3.05) is 0 Å². The van der Waals surface area contributed by atoms with E-state index in [1.165, 1.54) is 13.0 Å². The molecule has 18 heavy (non-hydrogen) atoms. The van der Waals surface area contributed by atoms with Gasteiger partial charge in [0.2, 0.25) is 5.75 Å². The van der Waals surface area contributed by atoms with Crippen LogP contribution in [0.2, 0.25) is 0 Å². The summed E-state index contributed by atoms with van der Waals surface area (Å²) in [7, 11) is 0. The second-order valence-electron chi connectivity index (χ2n) is 3.74. The van der Waals surface area contributed by atoms with Gasteiger partial charge in [0.25, 0.3) is 0 Å². The van der Waals surface area contributed by atoms with Gasteiger partial charge in [0, 0.05) is 6.07 Å². The van der Waals surface area contributed by atoms with E-state index in [4.69, 9.17) is 10.00 Å². The van der Waals surface area contributed by atoms with Gasteiger partial charge in [-0.3, -0.25) is 10.1 Å². The van der Waals surface area contributed by atoms with Gasteiger partial charge in [-0.25, -0.2) is 0 Å². The first-order chi connectivity index (χ1) is 8.36. The third-order valence-electron chi connectivity index (χ3n) is 2.33. The molecule has 0 radical (unpaired) electrons. The highest BCUT2D eigenvalue weighted by Gasteiger charge is 2.23. The average molecular weight is 362 g/mol. The number of ether oxygens (including phenoxy) is 1. The Morgan fingerprint density at radius 2 is 2.17 bits per heavy atom. The summed E-state index contributed by atoms with van der Waals surface area (Å²) in [6.45, 7) is 3.15. The first-order valence-corrected chi connectivity index (χ1v) is 6.17. The van der Waals surface area contributed by atoms with Gasteiger partial charge in [-0.15, -0.1) is 0 Å². The molecule has 0 spiro atoms. The van der Waals surface area contributed by atoms with Crippen LogP contribution in [0.3, 0.4) is 0 Å². The predicted molar refractivity (Wildman–Crippen MR) is 72.3 cm³/mol. The average Bonchev–Trinajstić information content (AvgIpc) is 2.30. The molecule has 0 amide bonds. The number of aliphatic hydroxyl groups is 1. The molecule has 1 aromatic rings. The largest absolute Gasteiger partial charge is 0.480 e. The number of halogens is 1. The smallest absolute Gasteiger partial charge is 0.313 e. The lowest BCUT2D eigenvalue weighted by molar-refractivity contribution is -0.386. The Balaban J connectivity index is 3.26. The van der Waals surface area contributed by atoms with E-state index in [-0.39, 0.29) is 17.0 Å². The summed E-state index contributed by atoms with van der Waals surface area (Å²) in [4.78, 5) is 10.3. The Labute approximate surface area is 117 Å². The van der Waals surface area contributed by atoms with E-state index in [0.717, 1.165) is 6.07 Å². The van der Waals surface area contributed by atoms with E-state index in [1.807, 2.05) is 28.7 Å². The van der Waals surface area contributed by atoms with Crippen LogP contribution in [0.4, 0.5) is 5.69 Å². The van der Waals surface area contributed by atoms with E-state index in [0.29, 0.717) is 3.57 Å². The maximum atomic E-state index is 10.9. The second kappa shape index (κ2) is 5.97. The summed E-state index contributed by atoms with van der Waals surface area (Å²) in [5.74, 6) is 0.0769. The first-order valence-electron chi connectivity index (χ1n) is 5.09. The van der Waals surface area contributed by atoms with Crippen LogP contribution in [0.5, 0.6) is 5.75 Å². The van der Waals surface area contributed by atoms with Crippen molar-refractivity contribution in [2.45, 2.75) is 26.1 Å². The number of nitro benzene ring substituents is 1. The Hall–Kier alpha value is -1.40. The van der Waals surface area contributed by atoms with E-state index >= 15 is 0 Å². The number of aliphatic hydroxyl groups excluding tert-OH is 1. The number of nitriles is 1. The first kappa shape index (κ1) is 14.7. The molecule has 1 N–H and O–H groups in total. The van der Waals surface area contributed by atoms with Gasteiger partial charge in [-0.05, 0) is 42.5 Å². The normalized spacial score (nSPS) is 13.5. The number of nitro groups is 1. The summed E-state index contributed by atoms with van der Waals surface area (Å²) in [5, 5.41) is 29.1. The fourth-order valence-corrected chi connectivity index (χ4v) is 1.92. The van der Waals surface area contributed by atoms with Gasteiger partial charge in [-0.1, -0.05) is 0 Å². The highest BCUT2D eigenvalue weighted by Crippen LogP contribution is 2.34. The van der Waals surface area contributed by atoms with Crippen molar-refractivity contribution in [1.82, 2.24) is 0 Å². The molecule has 2 atom stereocenters. The third-order valence-corrected chi connectivity index (χ3v) is 3.13. The van der Waals surface area contributed by atoms with Gasteiger partial charge in [0.15, 0.2) is 0 Å². The minimum Gasteiger partial charge on any atom is -0.480 e. The lowest BCUT2D eigenvalue weighted by Gasteiger charge is -2.18. The number of hydrogen-bond donors (Lipinski definition) is 1. The Morgan fingerprint density at radius 1 is 1.56 bits per heavy atom. The Kier molecular flexibility index (Phi) is 4.86. The van der Waals surface area contributed by atoms with Crippen LogP contribution in [-0.2, 0) is 0 Å². The quantitative estimate of drug-likeness (QED) is 0.503. The van der Waals surface area contributed by atoms with E-state index in [1.54, 1.807) is 6.92 Å². The van der Waals surface area contributed by atoms with Crippen LogP contribution < -0.4 is 4.74 Å². The van der Waals surface area contributed by atoms with Crippen LogP contribution in [0.1, 0.15) is 19.4 Å². The molecule has 0 aliphatic rings. The predicted octanol–water partition coefficient (Wildman–Crippen LogP) is 2.22. The molecule has 0 heterocycles. The fourth-order valence-electron chi connectivity index (χ4n) is 1.18. The fraction of sp³-hybridized carbons (Fsp3) is 0.364. The zero-order chi connectivity index (χ0) is 13.9. The number of rotatable bonds is 4. The number of benzene rings is 1. The number of hydrogen-bond acceptors (Lipinski definition) is 5. The Morgan fingerprint density at radius 3 is 2.61 bits per heavy atom. The van der Waals surface area contributed by atoms with Crippen molar-refractivity contribution in [3.8, 4) is 11.8 Å². The van der Waals surface area contributed by atoms with Gasteiger partial charge >= 0.3 is 5.69 Å². The van der Waals surface area contributed by atoms with Crippen LogP contribution in [0.15, 0.2) is 12.1 Å². The minimum atomic E-state index is -0.754. The summed E-state index contributed by atoms with van der Waals surface area (Å²) in [5.41, 5.74) is -0.0749. The van der Waals surface area contributed by atoms with Crippen molar-refractivity contribution in [2.24, 2.45) is 0 Å². The molecule has 0 aromatic heterocycles. The summed E-state index contributed by atoms with van der Waals surface area (Å²) in [6, 6.07) is 4.51. The minimum absolute atomic E-state index is 0.0769. The molecule has 2 unspecified atom stereocenters. The molecule has 1 aromatic carbocycles. The maximum absolute atomic E-state index is 10.9. The summed E-state index contributed by atoms with van der Waals surface area (Å²) < 4.78 is 5.85. The van der Waals surface area contributed by atoms with E-state index < -0.39 is 17.1 Å². The molecular weight excluding hydrogens is 351 g/mol. The summed E-state index contributed by atoms with van der Waals surface area (Å²) in [6.07, 6.45) is -1.33. The molecule has 7 heteroatoms. The lowest BCUT2D eigenvalue weighted by atomic mass is 10.2. The van der Waals surface area contributed by atoms with Crippen LogP contribution in [0, 0.1) is 25.0 Å². The molecule has 0 aliphatic heterocycles. The molecule has 1 rings (SSSR count). The number of nitrogens with zero attached hydrogens (tertiary/aromatic N) is 2. The standard InChI is InChI=1S/C11H11IN2O4/c1-6(15)7(2)18-11-9(12)3-8(5-13)4-10(11)14(16)17/h3-4,6-7,15H,1-2H3. The van der Waals surface area contributed by atoms with Crippen LogP contribution in [-0.4, -0.2) is 22.2 Å². The molecule has 0 saturated carbocycles. The molecule has 0 fully saturated rings. The lowest BCUT2D eigenvalue weighted by Crippen LogP contribution is -2.26. The molecule has 0 saturated heterocycles. The molecular formula is C11H11IN2O4. The van der Waals surface area contributed by atoms with Crippen molar-refractivity contribution >= 4 is 28.3 Å². The van der Waals surface area contributed by atoms with E-state index in [9.17, 15) is 15.2 Å². The van der Waals surface area contributed by atoms with Crippen molar-refractivity contribution in [3.63, 3.8) is 0 Å². The monoisotopic (exact) mass is 362 g/mol. The second-order valence-corrected chi connectivity index (χ2v) is 4.90. The molecule has 0 aliphatic carbocycles. The zero-order valence-corrected chi connectivity index (χ0v) is 11.9. The van der Waals surface area contributed by atoms with Gasteiger partial charge in [-0.2, -0.15) is 5.26 Å². The SMILES string of the molecule is CC(O)C(C)Oc1c(I)cc(C#N)cc1[N+](=O)[O-]. The molecule has 96 valence electrons. The maximum Gasteiger partial charge on any atom is 0.313 e. The van der Waals surface area contributed by atoms with Gasteiger partial charge in [0.1, 0.15) is 6.10 Å². The van der Waals surface area contributed by atoms with Crippen molar-refractivity contribution in [3.05, 3.63) is 31.4 Å². The van der Waals surface area contributed by atoms with Crippen molar-refractivity contribution in [1.29, 1.82) is 5.26 Å². The van der Waals surface area contributed by atoms with Gasteiger partial charge in [0.05, 0.1) is 26.2 Å². The Bertz CT molecular complexity index is 511. The van der Waals surface area contributed by atoms with Crippen LogP contribution in [0.25, 0.3) is 0 Å².